The Morgan fingerprint density at radius 3 is 2.82 bits per heavy atom. The Balaban J connectivity index is 2.49. The van der Waals surface area contributed by atoms with E-state index in [1.54, 1.807) is 6.92 Å². The van der Waals surface area contributed by atoms with Gasteiger partial charge in [0.1, 0.15) is 5.69 Å². The van der Waals surface area contributed by atoms with Crippen molar-refractivity contribution in [3.8, 4) is 11.5 Å². The molecule has 0 N–H and O–H groups in total. The number of carbonyl (C=O) groups is 1. The number of hydrogen-bond donors (Lipinski definition) is 0. The Bertz CT molecular complexity index is 531. The number of alkyl halides is 2. The molecule has 0 saturated carbocycles. The molecule has 0 fully saturated rings. The van der Waals surface area contributed by atoms with Crippen molar-refractivity contribution in [3.05, 3.63) is 29.7 Å². The van der Waals surface area contributed by atoms with Crippen LogP contribution in [0.25, 0.3) is 11.5 Å². The highest BCUT2D eigenvalue weighted by Crippen LogP contribution is 2.30. The first-order valence-electron chi connectivity index (χ1n) is 5.06. The highest BCUT2D eigenvalue weighted by atomic mass is 19.3. The van der Waals surface area contributed by atoms with Gasteiger partial charge in [-0.3, -0.25) is 9.48 Å². The van der Waals surface area contributed by atoms with Crippen LogP contribution in [0.15, 0.2) is 22.7 Å². The van der Waals surface area contributed by atoms with E-state index in [2.05, 4.69) is 5.10 Å². The van der Waals surface area contributed by atoms with Gasteiger partial charge in [-0.2, -0.15) is 5.10 Å². The van der Waals surface area contributed by atoms with Crippen LogP contribution in [-0.2, 0) is 6.54 Å². The minimum atomic E-state index is -2.63. The predicted octanol–water partition coefficient (Wildman–Crippen LogP) is 2.91. The number of hydrogen-bond acceptors (Lipinski definition) is 3. The molecule has 0 atom stereocenters. The summed E-state index contributed by atoms with van der Waals surface area (Å²) in [7, 11) is 0. The summed E-state index contributed by atoms with van der Waals surface area (Å²) in [5, 5.41) is 3.99. The zero-order valence-corrected chi connectivity index (χ0v) is 9.06. The standard InChI is InChI=1S/C11H10F2N2O2/c1-2-15-5-8(11(12)13)10(14-15)9-4-3-7(6-16)17-9/h3-6,11H,2H2,1H3. The van der Waals surface area contributed by atoms with Gasteiger partial charge in [0.2, 0.25) is 0 Å². The molecule has 0 saturated heterocycles. The number of rotatable bonds is 4. The maximum absolute atomic E-state index is 12.8. The minimum absolute atomic E-state index is 0.0787. The van der Waals surface area contributed by atoms with Gasteiger partial charge in [0.15, 0.2) is 17.8 Å². The van der Waals surface area contributed by atoms with E-state index in [0.717, 1.165) is 0 Å². The van der Waals surface area contributed by atoms with E-state index in [9.17, 15) is 13.6 Å². The molecule has 2 heterocycles. The van der Waals surface area contributed by atoms with Crippen molar-refractivity contribution in [3.63, 3.8) is 0 Å². The Morgan fingerprint density at radius 2 is 2.29 bits per heavy atom. The van der Waals surface area contributed by atoms with E-state index in [1.807, 2.05) is 0 Å². The molecule has 2 aromatic heterocycles. The smallest absolute Gasteiger partial charge is 0.267 e. The van der Waals surface area contributed by atoms with Crippen molar-refractivity contribution >= 4 is 6.29 Å². The van der Waals surface area contributed by atoms with Crippen LogP contribution in [0.5, 0.6) is 0 Å². The fourth-order valence-electron chi connectivity index (χ4n) is 1.49. The normalized spacial score (nSPS) is 11.1. The first-order chi connectivity index (χ1) is 8.15. The summed E-state index contributed by atoms with van der Waals surface area (Å²) >= 11 is 0. The van der Waals surface area contributed by atoms with E-state index in [4.69, 9.17) is 4.42 Å². The summed E-state index contributed by atoms with van der Waals surface area (Å²) in [4.78, 5) is 10.5. The van der Waals surface area contributed by atoms with Crippen LogP contribution in [0.3, 0.4) is 0 Å². The second kappa shape index (κ2) is 4.48. The molecule has 0 aromatic carbocycles. The maximum Gasteiger partial charge on any atom is 0.267 e. The number of aldehydes is 1. The first-order valence-corrected chi connectivity index (χ1v) is 5.06. The van der Waals surface area contributed by atoms with Crippen molar-refractivity contribution in [2.75, 3.05) is 0 Å². The van der Waals surface area contributed by atoms with Crippen molar-refractivity contribution in [1.29, 1.82) is 0 Å². The lowest BCUT2D eigenvalue weighted by Gasteiger charge is -1.96. The molecule has 4 nitrogen and oxygen atoms in total. The molecule has 0 amide bonds. The van der Waals surface area contributed by atoms with Crippen molar-refractivity contribution < 1.29 is 18.0 Å². The third kappa shape index (κ3) is 2.11. The summed E-state index contributed by atoms with van der Waals surface area (Å²) < 4.78 is 32.1. The van der Waals surface area contributed by atoms with E-state index >= 15 is 0 Å². The summed E-state index contributed by atoms with van der Waals surface area (Å²) in [6.45, 7) is 2.28. The summed E-state index contributed by atoms with van der Waals surface area (Å²) in [6.07, 6.45) is -0.832. The van der Waals surface area contributed by atoms with Gasteiger partial charge >= 0.3 is 0 Å². The fourth-order valence-corrected chi connectivity index (χ4v) is 1.49. The van der Waals surface area contributed by atoms with Crippen LogP contribution >= 0.6 is 0 Å². The van der Waals surface area contributed by atoms with Crippen molar-refractivity contribution in [2.24, 2.45) is 0 Å². The number of furan rings is 1. The average Bonchev–Trinajstić information content (AvgIpc) is 2.94. The van der Waals surface area contributed by atoms with Crippen LogP contribution < -0.4 is 0 Å². The molecule has 0 aliphatic carbocycles. The average molecular weight is 240 g/mol. The molecule has 17 heavy (non-hydrogen) atoms. The van der Waals surface area contributed by atoms with Gasteiger partial charge in [-0.1, -0.05) is 0 Å². The van der Waals surface area contributed by atoms with E-state index in [1.165, 1.54) is 23.0 Å². The molecule has 2 rings (SSSR count). The van der Waals surface area contributed by atoms with E-state index in [-0.39, 0.29) is 22.8 Å². The van der Waals surface area contributed by atoms with E-state index < -0.39 is 6.43 Å². The SMILES string of the molecule is CCn1cc(C(F)F)c(-c2ccc(C=O)o2)n1. The zero-order chi connectivity index (χ0) is 12.4. The number of aromatic nitrogens is 2. The van der Waals surface area contributed by atoms with Crippen LogP contribution in [-0.4, -0.2) is 16.1 Å². The van der Waals surface area contributed by atoms with Gasteiger partial charge < -0.3 is 4.42 Å². The number of nitrogens with zero attached hydrogens (tertiary/aromatic N) is 2. The molecule has 0 aliphatic rings. The lowest BCUT2D eigenvalue weighted by molar-refractivity contribution is 0.110. The molecule has 0 unspecified atom stereocenters. The molecular formula is C11H10F2N2O2. The summed E-state index contributed by atoms with van der Waals surface area (Å²) in [5.41, 5.74) is -0.117. The Labute approximate surface area is 95.8 Å². The number of carbonyl (C=O) groups excluding carboxylic acids is 1. The molecule has 2 aromatic rings. The van der Waals surface area contributed by atoms with Gasteiger partial charge in [0.25, 0.3) is 6.43 Å². The van der Waals surface area contributed by atoms with E-state index in [0.29, 0.717) is 12.8 Å². The quantitative estimate of drug-likeness (QED) is 0.772. The second-order valence-corrected chi connectivity index (χ2v) is 3.41. The molecular weight excluding hydrogens is 230 g/mol. The highest BCUT2D eigenvalue weighted by molar-refractivity contribution is 5.72. The van der Waals surface area contributed by atoms with Crippen molar-refractivity contribution in [1.82, 2.24) is 9.78 Å². The highest BCUT2D eigenvalue weighted by Gasteiger charge is 2.21. The van der Waals surface area contributed by atoms with Crippen LogP contribution in [0.1, 0.15) is 29.5 Å². The first kappa shape index (κ1) is 11.5. The van der Waals surface area contributed by atoms with Gasteiger partial charge in [-0.15, -0.1) is 0 Å². The molecule has 6 heteroatoms. The van der Waals surface area contributed by atoms with Crippen LogP contribution in [0.4, 0.5) is 8.78 Å². The third-order valence-corrected chi connectivity index (χ3v) is 2.33. The molecule has 90 valence electrons. The number of aryl methyl sites for hydroxylation is 1. The maximum atomic E-state index is 12.8. The number of halogens is 2. The fraction of sp³-hybridized carbons (Fsp3) is 0.273. The Hall–Kier alpha value is -1.98. The largest absolute Gasteiger partial charge is 0.452 e. The summed E-state index contributed by atoms with van der Waals surface area (Å²) in [6, 6.07) is 2.88. The topological polar surface area (TPSA) is 48.0 Å². The lowest BCUT2D eigenvalue weighted by atomic mass is 10.2. The molecule has 0 spiro atoms. The predicted molar refractivity (Wildman–Crippen MR) is 55.9 cm³/mol. The Kier molecular flexibility index (Phi) is 3.03. The molecule has 0 aliphatic heterocycles. The van der Waals surface area contributed by atoms with Crippen LogP contribution in [0, 0.1) is 0 Å². The second-order valence-electron chi connectivity index (χ2n) is 3.41. The third-order valence-electron chi connectivity index (χ3n) is 2.33. The summed E-state index contributed by atoms with van der Waals surface area (Å²) in [5.74, 6) is 0.265. The molecule has 0 radical (unpaired) electrons. The lowest BCUT2D eigenvalue weighted by Crippen LogP contribution is -1.93. The molecule has 0 bridgehead atoms. The van der Waals surface area contributed by atoms with Gasteiger partial charge in [0, 0.05) is 12.7 Å². The van der Waals surface area contributed by atoms with Gasteiger partial charge in [-0.05, 0) is 19.1 Å². The van der Waals surface area contributed by atoms with Gasteiger partial charge in [-0.25, -0.2) is 8.78 Å². The minimum Gasteiger partial charge on any atom is -0.452 e. The Morgan fingerprint density at radius 1 is 1.53 bits per heavy atom. The van der Waals surface area contributed by atoms with Crippen LogP contribution in [0.2, 0.25) is 0 Å². The monoisotopic (exact) mass is 240 g/mol. The van der Waals surface area contributed by atoms with Gasteiger partial charge in [0.05, 0.1) is 5.56 Å². The van der Waals surface area contributed by atoms with Crippen molar-refractivity contribution in [2.45, 2.75) is 19.9 Å². The zero-order valence-electron chi connectivity index (χ0n) is 9.06.